The Hall–Kier alpha value is -4.02. The Morgan fingerprint density at radius 2 is 1.76 bits per heavy atom. The lowest BCUT2D eigenvalue weighted by molar-refractivity contribution is -0.147. The number of nitrogens with one attached hydrogen (secondary N) is 3. The van der Waals surface area contributed by atoms with Gasteiger partial charge < -0.3 is 30.7 Å². The van der Waals surface area contributed by atoms with Crippen molar-refractivity contribution in [1.29, 1.82) is 0 Å². The minimum atomic E-state index is -1.59. The van der Waals surface area contributed by atoms with Crippen molar-refractivity contribution in [3.8, 4) is 5.75 Å². The minimum Gasteiger partial charge on any atom is -0.497 e. The maximum atomic E-state index is 13.8. The van der Waals surface area contributed by atoms with Crippen molar-refractivity contribution >= 4 is 35.3 Å². The summed E-state index contributed by atoms with van der Waals surface area (Å²) in [4.78, 5) is 41.7. The highest BCUT2D eigenvalue weighted by Crippen LogP contribution is 2.40. The van der Waals surface area contributed by atoms with Gasteiger partial charge in [-0.15, -0.1) is 11.8 Å². The number of aryl methyl sites for hydroxylation is 1. The third-order valence-electron chi connectivity index (χ3n) is 7.37. The Labute approximate surface area is 251 Å². The van der Waals surface area contributed by atoms with E-state index in [0.717, 1.165) is 16.7 Å². The molecule has 3 aromatic carbocycles. The number of methoxy groups -OCH3 is 1. The lowest BCUT2D eigenvalue weighted by Gasteiger charge is -2.33. The molecule has 9 nitrogen and oxygen atoms in total. The average Bonchev–Trinajstić information content (AvgIpc) is 3.30. The standard InChI is InChI=1S/C32H38N4O5S/c1-21-11-8-9-14-23(21)19-33-29(38)28-32(2,3)42-20-36(28)30(39)27(37)26(17-22-12-6-5-7-13-22)35-31(40)34-24-15-10-16-25(18-24)41-4/h5-16,18,26-28,37H,17,19-20H2,1-4H3,(H,33,38)(H2,34,35,40)/t26?,27-,28+/m0/s1. The molecule has 1 saturated heterocycles. The monoisotopic (exact) mass is 590 g/mol. The van der Waals surface area contributed by atoms with E-state index in [1.165, 1.54) is 23.8 Å². The smallest absolute Gasteiger partial charge is 0.319 e. The van der Waals surface area contributed by atoms with E-state index in [1.54, 1.807) is 24.3 Å². The van der Waals surface area contributed by atoms with E-state index >= 15 is 0 Å². The Morgan fingerprint density at radius 1 is 1.05 bits per heavy atom. The van der Waals surface area contributed by atoms with Gasteiger partial charge >= 0.3 is 6.03 Å². The molecular weight excluding hydrogens is 552 g/mol. The molecule has 3 atom stereocenters. The van der Waals surface area contributed by atoms with Gasteiger partial charge in [0, 0.05) is 23.0 Å². The maximum absolute atomic E-state index is 13.8. The summed E-state index contributed by atoms with van der Waals surface area (Å²) in [5.41, 5.74) is 3.37. The van der Waals surface area contributed by atoms with Gasteiger partial charge in [0.05, 0.1) is 19.0 Å². The number of thioether (sulfide) groups is 1. The number of nitrogens with zero attached hydrogens (tertiary/aromatic N) is 1. The molecular formula is C32H38N4O5S. The predicted molar refractivity (Wildman–Crippen MR) is 165 cm³/mol. The van der Waals surface area contributed by atoms with Crippen molar-refractivity contribution in [2.45, 2.75) is 56.7 Å². The summed E-state index contributed by atoms with van der Waals surface area (Å²) in [7, 11) is 1.53. The number of carbonyl (C=O) groups excluding carboxylic acids is 3. The largest absolute Gasteiger partial charge is 0.497 e. The van der Waals surface area contributed by atoms with Crippen LogP contribution in [0.3, 0.4) is 0 Å². The van der Waals surface area contributed by atoms with E-state index in [1.807, 2.05) is 75.4 Å². The number of benzene rings is 3. The lowest BCUT2D eigenvalue weighted by atomic mass is 9.97. The van der Waals surface area contributed by atoms with Gasteiger partial charge in [-0.2, -0.15) is 0 Å². The molecule has 4 rings (SSSR count). The first-order valence-electron chi connectivity index (χ1n) is 13.8. The lowest BCUT2D eigenvalue weighted by Crippen LogP contribution is -2.59. The summed E-state index contributed by atoms with van der Waals surface area (Å²) in [5, 5.41) is 19.9. The van der Waals surface area contributed by atoms with Crippen LogP contribution in [0.5, 0.6) is 5.75 Å². The van der Waals surface area contributed by atoms with Crippen molar-refractivity contribution in [2.24, 2.45) is 0 Å². The molecule has 1 aliphatic rings. The molecule has 1 aliphatic heterocycles. The fourth-order valence-electron chi connectivity index (χ4n) is 4.99. The molecule has 0 saturated carbocycles. The second kappa shape index (κ2) is 13.8. The van der Waals surface area contributed by atoms with Gasteiger partial charge in [0.15, 0.2) is 6.10 Å². The summed E-state index contributed by atoms with van der Waals surface area (Å²) in [6.45, 7) is 6.14. The number of anilines is 1. The van der Waals surface area contributed by atoms with E-state index < -0.39 is 34.9 Å². The summed E-state index contributed by atoms with van der Waals surface area (Å²) in [6, 6.07) is 21.6. The van der Waals surface area contributed by atoms with E-state index in [4.69, 9.17) is 4.74 Å². The molecule has 0 bridgehead atoms. The van der Waals surface area contributed by atoms with Gasteiger partial charge in [-0.25, -0.2) is 4.79 Å². The van der Waals surface area contributed by atoms with Crippen LogP contribution < -0.4 is 20.7 Å². The highest BCUT2D eigenvalue weighted by molar-refractivity contribution is 8.00. The second-order valence-electron chi connectivity index (χ2n) is 10.8. The van der Waals surface area contributed by atoms with Crippen LogP contribution in [0.4, 0.5) is 10.5 Å². The third-order valence-corrected chi connectivity index (χ3v) is 8.74. The topological polar surface area (TPSA) is 120 Å². The molecule has 0 aliphatic carbocycles. The van der Waals surface area contributed by atoms with Crippen molar-refractivity contribution in [1.82, 2.24) is 15.5 Å². The molecule has 0 aromatic heterocycles. The van der Waals surface area contributed by atoms with Crippen molar-refractivity contribution in [3.63, 3.8) is 0 Å². The molecule has 4 N–H and O–H groups in total. The first-order chi connectivity index (χ1) is 20.1. The molecule has 10 heteroatoms. The molecule has 3 aromatic rings. The number of rotatable bonds is 10. The first kappa shape index (κ1) is 30.9. The van der Waals surface area contributed by atoms with Gasteiger partial charge in [-0.1, -0.05) is 60.7 Å². The first-order valence-corrected chi connectivity index (χ1v) is 14.8. The van der Waals surface area contributed by atoms with Crippen molar-refractivity contribution in [3.05, 3.63) is 95.6 Å². The number of aliphatic hydroxyl groups is 1. The van der Waals surface area contributed by atoms with E-state index in [9.17, 15) is 19.5 Å². The van der Waals surface area contributed by atoms with Crippen LogP contribution in [0.1, 0.15) is 30.5 Å². The van der Waals surface area contributed by atoms with Crippen LogP contribution in [0.15, 0.2) is 78.9 Å². The Morgan fingerprint density at radius 3 is 2.48 bits per heavy atom. The van der Waals surface area contributed by atoms with Gasteiger partial charge in [0.25, 0.3) is 5.91 Å². The van der Waals surface area contributed by atoms with Gasteiger partial charge in [-0.05, 0) is 56.0 Å². The normalized spacial score (nSPS) is 17.2. The summed E-state index contributed by atoms with van der Waals surface area (Å²) < 4.78 is 4.63. The van der Waals surface area contributed by atoms with Crippen molar-refractivity contribution in [2.75, 3.05) is 18.3 Å². The quantitative estimate of drug-likeness (QED) is 0.282. The second-order valence-corrected chi connectivity index (χ2v) is 12.4. The fraction of sp³-hybridized carbons (Fsp3) is 0.344. The minimum absolute atomic E-state index is 0.202. The molecule has 1 heterocycles. The van der Waals surface area contributed by atoms with Crippen molar-refractivity contribution < 1.29 is 24.2 Å². The summed E-state index contributed by atoms with van der Waals surface area (Å²) in [5.74, 6) is -0.104. The van der Waals surface area contributed by atoms with Gasteiger partial charge in [0.1, 0.15) is 11.8 Å². The van der Waals surface area contributed by atoms with Crippen LogP contribution in [-0.4, -0.2) is 63.8 Å². The van der Waals surface area contributed by atoms with Gasteiger partial charge in [-0.3, -0.25) is 9.59 Å². The van der Waals surface area contributed by atoms with Crippen LogP contribution in [0.2, 0.25) is 0 Å². The number of urea groups is 1. The van der Waals surface area contributed by atoms with E-state index in [-0.39, 0.29) is 18.2 Å². The Balaban J connectivity index is 1.51. The number of amides is 4. The zero-order valence-corrected chi connectivity index (χ0v) is 25.1. The van der Waals surface area contributed by atoms with Crippen LogP contribution in [0.25, 0.3) is 0 Å². The van der Waals surface area contributed by atoms with Crippen LogP contribution in [0, 0.1) is 6.92 Å². The molecule has 1 fully saturated rings. The molecule has 0 radical (unpaired) electrons. The Kier molecular flexibility index (Phi) is 10.1. The van der Waals surface area contributed by atoms with Gasteiger partial charge in [0.2, 0.25) is 5.91 Å². The highest BCUT2D eigenvalue weighted by atomic mass is 32.2. The Bertz CT molecular complexity index is 1400. The molecule has 222 valence electrons. The number of aliphatic hydroxyl groups excluding tert-OH is 1. The van der Waals surface area contributed by atoms with E-state index in [0.29, 0.717) is 18.0 Å². The number of carbonyl (C=O) groups is 3. The molecule has 42 heavy (non-hydrogen) atoms. The summed E-state index contributed by atoms with van der Waals surface area (Å²) in [6.07, 6.45) is -1.39. The van der Waals surface area contributed by atoms with E-state index in [2.05, 4.69) is 16.0 Å². The third kappa shape index (κ3) is 7.63. The van der Waals surface area contributed by atoms with Crippen LogP contribution in [-0.2, 0) is 22.6 Å². The number of ether oxygens (including phenoxy) is 1. The summed E-state index contributed by atoms with van der Waals surface area (Å²) >= 11 is 1.47. The zero-order valence-electron chi connectivity index (χ0n) is 24.3. The highest BCUT2D eigenvalue weighted by Gasteiger charge is 2.49. The maximum Gasteiger partial charge on any atom is 0.319 e. The molecule has 4 amide bonds. The SMILES string of the molecule is COc1cccc(NC(=O)NC(Cc2ccccc2)[C@H](O)C(=O)N2CSC(C)(C)[C@H]2C(=O)NCc2ccccc2C)c1. The van der Waals surface area contributed by atoms with Crippen LogP contribution >= 0.6 is 11.8 Å². The number of hydrogen-bond acceptors (Lipinski definition) is 6. The zero-order chi connectivity index (χ0) is 30.3. The molecule has 0 spiro atoms. The number of hydrogen-bond donors (Lipinski definition) is 4. The fourth-order valence-corrected chi connectivity index (χ4v) is 6.13. The predicted octanol–water partition coefficient (Wildman–Crippen LogP) is 4.09. The molecule has 1 unspecified atom stereocenters. The average molecular weight is 591 g/mol.